The molecule has 1 saturated heterocycles. The molecule has 1 aliphatic heterocycles. The van der Waals surface area contributed by atoms with Crippen LogP contribution < -0.4 is 4.90 Å². The number of hydrogen-bond acceptors (Lipinski definition) is 5. The van der Waals surface area contributed by atoms with Gasteiger partial charge in [-0.15, -0.1) is 11.3 Å². The van der Waals surface area contributed by atoms with Gasteiger partial charge in [0.15, 0.2) is 0 Å². The van der Waals surface area contributed by atoms with Crippen molar-refractivity contribution < 1.29 is 36.3 Å². The highest BCUT2D eigenvalue weighted by atomic mass is 32.2. The molecule has 0 bridgehead atoms. The molecule has 1 N–H and O–H groups in total. The highest BCUT2D eigenvalue weighted by Crippen LogP contribution is 2.39. The zero-order chi connectivity index (χ0) is 29.5. The summed E-state index contributed by atoms with van der Waals surface area (Å²) in [6.45, 7) is 5.10. The van der Waals surface area contributed by atoms with Gasteiger partial charge >= 0.3 is 12.1 Å². The van der Waals surface area contributed by atoms with Crippen molar-refractivity contribution in [2.45, 2.75) is 70.0 Å². The largest absolute Gasteiger partial charge is 0.477 e. The maximum atomic E-state index is 13.7. The quantitative estimate of drug-likeness (QED) is 0.437. The van der Waals surface area contributed by atoms with Crippen LogP contribution in [-0.2, 0) is 21.0 Å². The van der Waals surface area contributed by atoms with Crippen molar-refractivity contribution in [3.63, 3.8) is 0 Å². The molecule has 1 unspecified atom stereocenters. The van der Waals surface area contributed by atoms with Crippen LogP contribution in [0.25, 0.3) is 0 Å². The number of alkyl halides is 3. The van der Waals surface area contributed by atoms with Crippen molar-refractivity contribution in [3.05, 3.63) is 45.6 Å². The molecule has 1 aliphatic carbocycles. The number of carboxylic acids is 1. The van der Waals surface area contributed by atoms with E-state index in [1.165, 1.54) is 4.90 Å². The van der Waals surface area contributed by atoms with E-state index in [0.717, 1.165) is 59.9 Å². The molecule has 1 aromatic carbocycles. The number of carbonyl (C=O) groups excluding carboxylic acids is 1. The van der Waals surface area contributed by atoms with Gasteiger partial charge < -0.3 is 10.0 Å². The first-order chi connectivity index (χ1) is 18.6. The van der Waals surface area contributed by atoms with Gasteiger partial charge in [0.25, 0.3) is 0 Å². The molecule has 40 heavy (non-hydrogen) atoms. The number of carboxylic acid groups (broad SMARTS) is 1. The van der Waals surface area contributed by atoms with Gasteiger partial charge in [0, 0.05) is 12.0 Å². The number of benzene rings is 1. The fourth-order valence-electron chi connectivity index (χ4n) is 5.13. The monoisotopic (exact) mass is 596 g/mol. The number of rotatable bonds is 5. The zero-order valence-electron chi connectivity index (χ0n) is 22.4. The Morgan fingerprint density at radius 1 is 1.07 bits per heavy atom. The minimum Gasteiger partial charge on any atom is -0.477 e. The summed E-state index contributed by atoms with van der Waals surface area (Å²) < 4.78 is 67.0. The van der Waals surface area contributed by atoms with E-state index in [4.69, 9.17) is 0 Å². The van der Waals surface area contributed by atoms with Gasteiger partial charge in [0.05, 0.1) is 33.6 Å². The molecule has 7 nitrogen and oxygen atoms in total. The smallest absolute Gasteiger partial charge is 0.416 e. The van der Waals surface area contributed by atoms with Crippen LogP contribution in [0.4, 0.5) is 18.9 Å². The first-order valence-electron chi connectivity index (χ1n) is 13.0. The van der Waals surface area contributed by atoms with Crippen molar-refractivity contribution in [1.82, 2.24) is 4.31 Å². The number of thiophene rings is 1. The molecule has 1 amide bonds. The van der Waals surface area contributed by atoms with Crippen LogP contribution in [0.5, 0.6) is 0 Å². The Hall–Kier alpha value is -2.88. The Kier molecular flexibility index (Phi) is 8.41. The summed E-state index contributed by atoms with van der Waals surface area (Å²) >= 11 is 0.968. The third-order valence-corrected chi connectivity index (χ3v) is 9.90. The molecule has 4 rings (SSSR count). The van der Waals surface area contributed by atoms with Gasteiger partial charge in [0.2, 0.25) is 15.9 Å². The summed E-state index contributed by atoms with van der Waals surface area (Å²) in [5.41, 5.74) is -1.11. The Morgan fingerprint density at radius 2 is 1.70 bits per heavy atom. The number of sulfonamides is 1. The van der Waals surface area contributed by atoms with E-state index < -0.39 is 46.2 Å². The molecule has 0 spiro atoms. The fourth-order valence-corrected chi connectivity index (χ4v) is 7.38. The van der Waals surface area contributed by atoms with E-state index in [2.05, 4.69) is 11.8 Å². The SMILES string of the molecule is CC(C)(C)C#Cc1cc(N2C(=O)CN(S(=O)(=O)c3ccc(C(F)(F)F)cc3)CC2C2CCCCC2)c(C(=O)O)s1. The van der Waals surface area contributed by atoms with Crippen LogP contribution in [0.1, 0.15) is 73.0 Å². The van der Waals surface area contributed by atoms with Crippen molar-refractivity contribution in [3.8, 4) is 11.8 Å². The lowest BCUT2D eigenvalue weighted by molar-refractivity contribution is -0.137. The molecule has 2 fully saturated rings. The first-order valence-corrected chi connectivity index (χ1v) is 15.2. The third-order valence-electron chi connectivity index (χ3n) is 7.04. The highest BCUT2D eigenvalue weighted by molar-refractivity contribution is 7.89. The van der Waals surface area contributed by atoms with Gasteiger partial charge in [-0.2, -0.15) is 17.5 Å². The second-order valence-electron chi connectivity index (χ2n) is 11.2. The lowest BCUT2D eigenvalue weighted by Crippen LogP contribution is -2.60. The van der Waals surface area contributed by atoms with Crippen LogP contribution in [-0.4, -0.2) is 48.8 Å². The molecule has 1 saturated carbocycles. The minimum absolute atomic E-state index is 0.0496. The summed E-state index contributed by atoms with van der Waals surface area (Å²) in [5, 5.41) is 9.97. The summed E-state index contributed by atoms with van der Waals surface area (Å²) in [4.78, 5) is 27.4. The lowest BCUT2D eigenvalue weighted by atomic mass is 9.82. The molecule has 2 aliphatic rings. The van der Waals surface area contributed by atoms with Crippen molar-refractivity contribution in [1.29, 1.82) is 0 Å². The normalized spacial score (nSPS) is 19.8. The topological polar surface area (TPSA) is 95.0 Å². The lowest BCUT2D eigenvalue weighted by Gasteiger charge is -2.44. The van der Waals surface area contributed by atoms with E-state index >= 15 is 0 Å². The van der Waals surface area contributed by atoms with Crippen LogP contribution in [0.2, 0.25) is 0 Å². The summed E-state index contributed by atoms with van der Waals surface area (Å²) in [6, 6.07) is 4.14. The molecular weight excluding hydrogens is 565 g/mol. The van der Waals surface area contributed by atoms with E-state index in [1.54, 1.807) is 6.07 Å². The number of amides is 1. The first kappa shape index (κ1) is 30.1. The Bertz CT molecular complexity index is 1440. The molecule has 2 heterocycles. The second kappa shape index (κ2) is 11.2. The van der Waals surface area contributed by atoms with E-state index in [1.807, 2.05) is 20.8 Å². The van der Waals surface area contributed by atoms with Crippen molar-refractivity contribution in [2.75, 3.05) is 18.0 Å². The van der Waals surface area contributed by atoms with Gasteiger partial charge in [-0.25, -0.2) is 13.2 Å². The summed E-state index contributed by atoms with van der Waals surface area (Å²) in [6.07, 6.45) is -0.332. The van der Waals surface area contributed by atoms with Gasteiger partial charge in [-0.1, -0.05) is 31.1 Å². The molecule has 2 aromatic rings. The number of halogens is 3. The standard InChI is InChI=1S/C28H31F3N2O5S2/c1-27(2,3)14-13-20-15-22(25(39-20)26(35)36)33-23(18-7-5-4-6-8-18)16-32(17-24(33)34)40(37,38)21-11-9-19(10-12-21)28(29,30)31/h9-12,15,18,23H,4-8,16-17H2,1-3H3,(H,35,36). The Labute approximate surface area is 236 Å². The maximum Gasteiger partial charge on any atom is 0.416 e. The third kappa shape index (κ3) is 6.53. The highest BCUT2D eigenvalue weighted by Gasteiger charge is 2.44. The predicted molar refractivity (Wildman–Crippen MR) is 146 cm³/mol. The van der Waals surface area contributed by atoms with E-state index in [9.17, 15) is 36.3 Å². The van der Waals surface area contributed by atoms with Gasteiger partial charge in [-0.05, 0) is 69.9 Å². The maximum absolute atomic E-state index is 13.7. The minimum atomic E-state index is -4.62. The van der Waals surface area contributed by atoms with E-state index in [0.29, 0.717) is 17.0 Å². The number of anilines is 1. The number of carbonyl (C=O) groups is 2. The van der Waals surface area contributed by atoms with Gasteiger partial charge in [-0.3, -0.25) is 4.79 Å². The Morgan fingerprint density at radius 3 is 2.25 bits per heavy atom. The molecule has 12 heteroatoms. The molecular formula is C28H31F3N2O5S2. The molecule has 1 atom stereocenters. The van der Waals surface area contributed by atoms with Crippen LogP contribution >= 0.6 is 11.3 Å². The van der Waals surface area contributed by atoms with Crippen LogP contribution in [0.15, 0.2) is 35.2 Å². The second-order valence-corrected chi connectivity index (χ2v) is 14.2. The number of aromatic carboxylic acids is 1. The van der Waals surface area contributed by atoms with Crippen molar-refractivity contribution in [2.24, 2.45) is 11.3 Å². The molecule has 1 aromatic heterocycles. The van der Waals surface area contributed by atoms with Gasteiger partial charge in [0.1, 0.15) is 4.88 Å². The van der Waals surface area contributed by atoms with Crippen molar-refractivity contribution >= 4 is 38.9 Å². The molecule has 0 radical (unpaired) electrons. The average molecular weight is 597 g/mol. The number of piperazine rings is 1. The number of hydrogen-bond donors (Lipinski definition) is 1. The average Bonchev–Trinajstić information content (AvgIpc) is 3.31. The van der Waals surface area contributed by atoms with Crippen LogP contribution in [0, 0.1) is 23.2 Å². The summed E-state index contributed by atoms with van der Waals surface area (Å²) in [5.74, 6) is 4.20. The zero-order valence-corrected chi connectivity index (χ0v) is 24.0. The summed E-state index contributed by atoms with van der Waals surface area (Å²) in [7, 11) is -4.30. The van der Waals surface area contributed by atoms with E-state index in [-0.39, 0.29) is 33.3 Å². The number of nitrogens with zero attached hydrogens (tertiary/aromatic N) is 2. The Balaban J connectivity index is 1.73. The van der Waals surface area contributed by atoms with Crippen LogP contribution in [0.3, 0.4) is 0 Å². The predicted octanol–water partition coefficient (Wildman–Crippen LogP) is 5.85. The molecule has 216 valence electrons. The fraction of sp³-hybridized carbons (Fsp3) is 0.500.